The molecule has 0 fully saturated rings. The Morgan fingerprint density at radius 1 is 1.15 bits per heavy atom. The molecule has 0 saturated carbocycles. The Bertz CT molecular complexity index is 608. The molecular formula is C16H17ClN2O. The van der Waals surface area contributed by atoms with Gasteiger partial charge in [-0.1, -0.05) is 47.5 Å². The monoisotopic (exact) mass is 288 g/mol. The Hall–Kier alpha value is -1.84. The van der Waals surface area contributed by atoms with Crippen LogP contribution in [0, 0.1) is 6.92 Å². The molecule has 3 nitrogen and oxygen atoms in total. The molecule has 0 heterocycles. The lowest BCUT2D eigenvalue weighted by Gasteiger charge is -2.08. The minimum Gasteiger partial charge on any atom is -0.366 e. The van der Waals surface area contributed by atoms with Crippen molar-refractivity contribution in [2.45, 2.75) is 20.0 Å². The number of amides is 1. The lowest BCUT2D eigenvalue weighted by atomic mass is 10.1. The van der Waals surface area contributed by atoms with Gasteiger partial charge < -0.3 is 11.1 Å². The summed E-state index contributed by atoms with van der Waals surface area (Å²) >= 11 is 6.13. The number of carbonyl (C=O) groups is 1. The second-order valence-electron chi connectivity index (χ2n) is 4.76. The molecule has 0 unspecified atom stereocenters. The summed E-state index contributed by atoms with van der Waals surface area (Å²) in [6, 6.07) is 13.5. The fourth-order valence-corrected chi connectivity index (χ4v) is 2.14. The summed E-state index contributed by atoms with van der Waals surface area (Å²) < 4.78 is 0. The maximum Gasteiger partial charge on any atom is 0.248 e. The minimum atomic E-state index is -0.467. The smallest absolute Gasteiger partial charge is 0.248 e. The third-order valence-electron chi connectivity index (χ3n) is 3.10. The van der Waals surface area contributed by atoms with Gasteiger partial charge in [-0.3, -0.25) is 4.79 Å². The second-order valence-corrected chi connectivity index (χ2v) is 5.17. The van der Waals surface area contributed by atoms with E-state index in [1.165, 1.54) is 11.1 Å². The van der Waals surface area contributed by atoms with Gasteiger partial charge in [0.2, 0.25) is 5.91 Å². The largest absolute Gasteiger partial charge is 0.366 e. The third-order valence-corrected chi connectivity index (χ3v) is 3.45. The highest BCUT2D eigenvalue weighted by atomic mass is 35.5. The molecule has 0 atom stereocenters. The average Bonchev–Trinajstić information content (AvgIpc) is 2.42. The van der Waals surface area contributed by atoms with Gasteiger partial charge in [-0.25, -0.2) is 0 Å². The van der Waals surface area contributed by atoms with Gasteiger partial charge in [0.25, 0.3) is 0 Å². The van der Waals surface area contributed by atoms with Gasteiger partial charge in [0.05, 0.1) is 0 Å². The van der Waals surface area contributed by atoms with E-state index in [1.807, 2.05) is 6.07 Å². The van der Waals surface area contributed by atoms with Crippen LogP contribution in [0.1, 0.15) is 27.0 Å². The Balaban J connectivity index is 1.94. The quantitative estimate of drug-likeness (QED) is 0.888. The predicted octanol–water partition coefficient (Wildman–Crippen LogP) is 3.04. The second kappa shape index (κ2) is 6.55. The van der Waals surface area contributed by atoms with Gasteiger partial charge >= 0.3 is 0 Å². The first kappa shape index (κ1) is 14.6. The van der Waals surface area contributed by atoms with Crippen LogP contribution in [0.3, 0.4) is 0 Å². The predicted molar refractivity (Wildman–Crippen MR) is 81.7 cm³/mol. The molecule has 0 spiro atoms. The van der Waals surface area contributed by atoms with Crippen LogP contribution in [0.4, 0.5) is 0 Å². The highest BCUT2D eigenvalue weighted by molar-refractivity contribution is 6.31. The number of hydrogen-bond acceptors (Lipinski definition) is 2. The molecule has 0 radical (unpaired) electrons. The van der Waals surface area contributed by atoms with E-state index >= 15 is 0 Å². The Morgan fingerprint density at radius 3 is 2.45 bits per heavy atom. The lowest BCUT2D eigenvalue weighted by molar-refractivity contribution is 0.100. The standard InChI is InChI=1S/C16H17ClN2O/c1-11-2-4-12(5-3-11)9-19-10-14-7-6-13(16(18)20)8-15(14)17/h2-8,19H,9-10H2,1H3,(H2,18,20). The molecule has 0 aliphatic heterocycles. The van der Waals surface area contributed by atoms with E-state index in [4.69, 9.17) is 17.3 Å². The van der Waals surface area contributed by atoms with Gasteiger partial charge in [-0.15, -0.1) is 0 Å². The zero-order chi connectivity index (χ0) is 14.5. The van der Waals surface area contributed by atoms with Gasteiger partial charge in [0, 0.05) is 23.7 Å². The van der Waals surface area contributed by atoms with E-state index in [0.29, 0.717) is 17.1 Å². The molecule has 2 aromatic carbocycles. The SMILES string of the molecule is Cc1ccc(CNCc2ccc(C(N)=O)cc2Cl)cc1. The van der Waals surface area contributed by atoms with Crippen molar-refractivity contribution in [1.82, 2.24) is 5.32 Å². The summed E-state index contributed by atoms with van der Waals surface area (Å²) in [4.78, 5) is 11.0. The number of halogens is 1. The van der Waals surface area contributed by atoms with E-state index in [1.54, 1.807) is 12.1 Å². The molecule has 4 heteroatoms. The summed E-state index contributed by atoms with van der Waals surface area (Å²) in [7, 11) is 0. The maximum absolute atomic E-state index is 11.0. The van der Waals surface area contributed by atoms with Crippen molar-refractivity contribution in [3.8, 4) is 0 Å². The number of hydrogen-bond donors (Lipinski definition) is 2. The highest BCUT2D eigenvalue weighted by Crippen LogP contribution is 2.17. The summed E-state index contributed by atoms with van der Waals surface area (Å²) in [5, 5.41) is 3.88. The zero-order valence-electron chi connectivity index (χ0n) is 11.3. The fourth-order valence-electron chi connectivity index (χ4n) is 1.89. The molecule has 0 aromatic heterocycles. The number of nitrogens with two attached hydrogens (primary N) is 1. The molecule has 2 rings (SSSR count). The number of rotatable bonds is 5. The number of aryl methyl sites for hydroxylation is 1. The molecule has 0 bridgehead atoms. The van der Waals surface area contributed by atoms with Crippen LogP contribution in [0.25, 0.3) is 0 Å². The van der Waals surface area contributed by atoms with Crippen LogP contribution in [0.15, 0.2) is 42.5 Å². The molecule has 20 heavy (non-hydrogen) atoms. The first-order valence-corrected chi connectivity index (χ1v) is 6.78. The summed E-state index contributed by atoms with van der Waals surface area (Å²) in [6.45, 7) is 3.48. The van der Waals surface area contributed by atoms with Crippen LogP contribution in [-0.2, 0) is 13.1 Å². The highest BCUT2D eigenvalue weighted by Gasteiger charge is 2.05. The number of benzene rings is 2. The van der Waals surface area contributed by atoms with E-state index < -0.39 is 5.91 Å². The first-order valence-electron chi connectivity index (χ1n) is 6.41. The molecule has 1 amide bonds. The zero-order valence-corrected chi connectivity index (χ0v) is 12.1. The first-order chi connectivity index (χ1) is 9.56. The van der Waals surface area contributed by atoms with Crippen molar-refractivity contribution < 1.29 is 4.79 Å². The van der Waals surface area contributed by atoms with Crippen molar-refractivity contribution in [2.75, 3.05) is 0 Å². The van der Waals surface area contributed by atoms with Crippen molar-refractivity contribution in [2.24, 2.45) is 5.73 Å². The third kappa shape index (κ3) is 3.83. The summed E-state index contributed by atoms with van der Waals surface area (Å²) in [5.74, 6) is -0.467. The molecular weight excluding hydrogens is 272 g/mol. The van der Waals surface area contributed by atoms with E-state index in [9.17, 15) is 4.79 Å². The maximum atomic E-state index is 11.0. The number of nitrogens with one attached hydrogen (secondary N) is 1. The summed E-state index contributed by atoms with van der Waals surface area (Å²) in [6.07, 6.45) is 0. The molecule has 0 saturated heterocycles. The van der Waals surface area contributed by atoms with Crippen LogP contribution < -0.4 is 11.1 Å². The lowest BCUT2D eigenvalue weighted by Crippen LogP contribution is -2.14. The average molecular weight is 289 g/mol. The summed E-state index contributed by atoms with van der Waals surface area (Å²) in [5.41, 5.74) is 9.06. The Labute approximate surface area is 123 Å². The fraction of sp³-hybridized carbons (Fsp3) is 0.188. The van der Waals surface area contributed by atoms with Gasteiger partial charge in [-0.2, -0.15) is 0 Å². The van der Waals surface area contributed by atoms with Crippen LogP contribution in [-0.4, -0.2) is 5.91 Å². The van der Waals surface area contributed by atoms with E-state index in [0.717, 1.165) is 12.1 Å². The van der Waals surface area contributed by atoms with E-state index in [2.05, 4.69) is 36.5 Å². The number of carbonyl (C=O) groups excluding carboxylic acids is 1. The molecule has 2 aromatic rings. The van der Waals surface area contributed by atoms with Crippen molar-refractivity contribution in [1.29, 1.82) is 0 Å². The topological polar surface area (TPSA) is 55.1 Å². The van der Waals surface area contributed by atoms with Crippen molar-refractivity contribution >= 4 is 17.5 Å². The van der Waals surface area contributed by atoms with Gasteiger partial charge in [-0.05, 0) is 30.2 Å². The van der Waals surface area contributed by atoms with Crippen molar-refractivity contribution in [3.05, 3.63) is 69.7 Å². The molecule has 0 aliphatic carbocycles. The molecule has 3 N–H and O–H groups in total. The number of primary amides is 1. The van der Waals surface area contributed by atoms with E-state index in [-0.39, 0.29) is 0 Å². The van der Waals surface area contributed by atoms with Gasteiger partial charge in [0.15, 0.2) is 0 Å². The minimum absolute atomic E-state index is 0.428. The van der Waals surface area contributed by atoms with Crippen molar-refractivity contribution in [3.63, 3.8) is 0 Å². The van der Waals surface area contributed by atoms with Crippen LogP contribution in [0.2, 0.25) is 5.02 Å². The van der Waals surface area contributed by atoms with Gasteiger partial charge in [0.1, 0.15) is 0 Å². The normalized spacial score (nSPS) is 10.5. The van der Waals surface area contributed by atoms with Crippen LogP contribution in [0.5, 0.6) is 0 Å². The Kier molecular flexibility index (Phi) is 4.77. The molecule has 104 valence electrons. The molecule has 0 aliphatic rings. The van der Waals surface area contributed by atoms with Crippen LogP contribution >= 0.6 is 11.6 Å². The Morgan fingerprint density at radius 2 is 1.85 bits per heavy atom.